The van der Waals surface area contributed by atoms with Crippen LogP contribution in [0.2, 0.25) is 0 Å². The lowest BCUT2D eigenvalue weighted by molar-refractivity contribution is -0.137. The number of H-pyrrole nitrogens is 2. The molecule has 3 aliphatic rings. The topological polar surface area (TPSA) is 149 Å². The quantitative estimate of drug-likeness (QED) is 0.0852. The average Bonchev–Trinajstić information content (AvgIpc) is 3.95. The number of nitrogens with one attached hydrogen (secondary N) is 2. The van der Waals surface area contributed by atoms with Gasteiger partial charge in [0.15, 0.2) is 5.78 Å². The number of aliphatic carboxylic acids is 1. The number of carbonyl (C=O) groups is 2. The average molecular weight is 771 g/mol. The number of hydrogen-bond donors (Lipinski definition) is 3. The zero-order valence-corrected chi connectivity index (χ0v) is 33.6. The molecule has 0 spiro atoms. The second kappa shape index (κ2) is 17.3. The van der Waals surface area contributed by atoms with E-state index in [1.165, 1.54) is 0 Å². The van der Waals surface area contributed by atoms with Crippen molar-refractivity contribution >= 4 is 45.0 Å². The van der Waals surface area contributed by atoms with Crippen LogP contribution in [-0.2, 0) is 25.4 Å². The number of fused-ring (bicyclic) bond motifs is 8. The Morgan fingerprint density at radius 2 is 1.61 bits per heavy atom. The van der Waals surface area contributed by atoms with E-state index in [9.17, 15) is 14.7 Å². The predicted molar refractivity (Wildman–Crippen MR) is 221 cm³/mol. The van der Waals surface area contributed by atoms with Crippen LogP contribution in [0.1, 0.15) is 113 Å². The number of para-hydroxylation sites is 1. The van der Waals surface area contributed by atoms with E-state index in [0.717, 1.165) is 90.2 Å². The molecule has 0 amide bonds. The van der Waals surface area contributed by atoms with Crippen molar-refractivity contribution in [1.29, 1.82) is 0 Å². The van der Waals surface area contributed by atoms with Crippen molar-refractivity contribution in [3.05, 3.63) is 98.6 Å². The van der Waals surface area contributed by atoms with Crippen LogP contribution in [-0.4, -0.2) is 83.5 Å². The Morgan fingerprint density at radius 3 is 2.37 bits per heavy atom. The predicted octanol–water partition coefficient (Wildman–Crippen LogP) is 8.22. The van der Waals surface area contributed by atoms with Crippen LogP contribution in [0.3, 0.4) is 0 Å². The molecule has 3 N–H and O–H groups in total. The zero-order valence-electron chi connectivity index (χ0n) is 33.6. The number of ketones is 1. The first-order chi connectivity index (χ1) is 27.6. The van der Waals surface area contributed by atoms with Crippen LogP contribution in [0, 0.1) is 25.7 Å². The maximum atomic E-state index is 13.6. The molecule has 0 saturated carbocycles. The lowest BCUT2D eigenvalue weighted by Crippen LogP contribution is -2.12. The van der Waals surface area contributed by atoms with Gasteiger partial charge < -0.3 is 34.0 Å². The number of aromatic amines is 2. The van der Waals surface area contributed by atoms with E-state index in [2.05, 4.69) is 54.7 Å². The smallest absolute Gasteiger partial charge is 0.303 e. The molecule has 8 bridgehead atoms. The number of aromatic nitrogens is 4. The van der Waals surface area contributed by atoms with Crippen LogP contribution >= 0.6 is 0 Å². The molecule has 4 aromatic rings. The van der Waals surface area contributed by atoms with Crippen molar-refractivity contribution in [3.63, 3.8) is 0 Å². The zero-order chi connectivity index (χ0) is 40.2. The molecule has 11 heteroatoms. The van der Waals surface area contributed by atoms with E-state index >= 15 is 0 Å². The van der Waals surface area contributed by atoms with Crippen LogP contribution in [0.4, 0.5) is 0 Å². The molecule has 11 nitrogen and oxygen atoms in total. The summed E-state index contributed by atoms with van der Waals surface area (Å²) < 4.78 is 22.2. The van der Waals surface area contributed by atoms with E-state index in [-0.39, 0.29) is 30.5 Å². The van der Waals surface area contributed by atoms with Gasteiger partial charge in [0.1, 0.15) is 12.4 Å². The van der Waals surface area contributed by atoms with Crippen LogP contribution in [0.15, 0.2) is 42.5 Å². The molecule has 0 radical (unpaired) electrons. The number of ether oxygens (including phenoxy) is 4. The summed E-state index contributed by atoms with van der Waals surface area (Å²) in [6.45, 7) is 13.2. The van der Waals surface area contributed by atoms with Gasteiger partial charge in [-0.15, -0.1) is 0 Å². The van der Waals surface area contributed by atoms with Crippen LogP contribution in [0.25, 0.3) is 33.2 Å². The molecule has 296 valence electrons. The van der Waals surface area contributed by atoms with Crippen molar-refractivity contribution in [2.75, 3.05) is 46.8 Å². The SMILES string of the molecule is CCC1=C(C)c2cc3[nH]c(cc4nc(c5c6[nH]c(cc1n2)c(C)c6C(=O)C5)[C@@H](CCC(=O)O)[C@@H]4C)c(C)c3C#Cc1ccccc1OCCOCCOCCOC. The maximum absolute atomic E-state index is 13.6. The Hall–Kier alpha value is -5.54. The normalized spacial score (nSPS) is 15.9. The molecule has 2 atom stereocenters. The number of rotatable bonds is 14. The third-order valence-electron chi connectivity index (χ3n) is 11.3. The summed E-state index contributed by atoms with van der Waals surface area (Å²) in [5.41, 5.74) is 13.8. The molecule has 0 fully saturated rings. The molecule has 5 heterocycles. The van der Waals surface area contributed by atoms with Gasteiger partial charge >= 0.3 is 5.97 Å². The number of carboxylic acid groups (broad SMARTS) is 1. The summed E-state index contributed by atoms with van der Waals surface area (Å²) in [6, 6.07) is 13.9. The first-order valence-corrected chi connectivity index (χ1v) is 19.7. The van der Waals surface area contributed by atoms with Gasteiger partial charge in [0.05, 0.1) is 72.3 Å². The minimum Gasteiger partial charge on any atom is -0.490 e. The second-order valence-corrected chi connectivity index (χ2v) is 14.8. The van der Waals surface area contributed by atoms with Crippen LogP contribution < -0.4 is 4.74 Å². The van der Waals surface area contributed by atoms with Crippen molar-refractivity contribution < 1.29 is 33.6 Å². The summed E-state index contributed by atoms with van der Waals surface area (Å²) in [4.78, 5) is 43.0. The monoisotopic (exact) mass is 770 g/mol. The van der Waals surface area contributed by atoms with Crippen molar-refractivity contribution in [2.45, 2.75) is 72.1 Å². The van der Waals surface area contributed by atoms with Gasteiger partial charge in [0, 0.05) is 59.6 Å². The Bertz CT molecular complexity index is 2480. The van der Waals surface area contributed by atoms with Gasteiger partial charge in [-0.3, -0.25) is 14.6 Å². The number of carboxylic acids is 1. The van der Waals surface area contributed by atoms with Gasteiger partial charge in [0.2, 0.25) is 0 Å². The molecule has 2 aliphatic heterocycles. The fourth-order valence-corrected chi connectivity index (χ4v) is 8.08. The summed E-state index contributed by atoms with van der Waals surface area (Å²) in [5.74, 6) is 6.46. The molecule has 1 aliphatic carbocycles. The number of methoxy groups -OCH3 is 1. The summed E-state index contributed by atoms with van der Waals surface area (Å²) in [6.07, 6.45) is 1.43. The summed E-state index contributed by atoms with van der Waals surface area (Å²) in [7, 11) is 1.64. The Balaban J connectivity index is 1.35. The Kier molecular flexibility index (Phi) is 12.0. The molecule has 57 heavy (non-hydrogen) atoms. The molecule has 3 aromatic heterocycles. The second-order valence-electron chi connectivity index (χ2n) is 14.8. The number of aryl methyl sites for hydroxylation is 2. The highest BCUT2D eigenvalue weighted by Gasteiger charge is 2.36. The number of allylic oxidation sites excluding steroid dienone is 2. The first kappa shape index (κ1) is 39.7. The fourth-order valence-electron chi connectivity index (χ4n) is 8.08. The summed E-state index contributed by atoms with van der Waals surface area (Å²) in [5, 5.41) is 9.70. The Morgan fingerprint density at radius 1 is 0.895 bits per heavy atom. The molecule has 1 aromatic carbocycles. The highest BCUT2D eigenvalue weighted by Crippen LogP contribution is 2.44. The van der Waals surface area contributed by atoms with Crippen molar-refractivity contribution in [1.82, 2.24) is 19.9 Å². The number of hydrogen-bond acceptors (Lipinski definition) is 8. The van der Waals surface area contributed by atoms with E-state index in [4.69, 9.17) is 28.9 Å². The van der Waals surface area contributed by atoms with Gasteiger partial charge in [-0.2, -0.15) is 0 Å². The molecular formula is C46H50N4O7. The largest absolute Gasteiger partial charge is 0.490 e. The lowest BCUT2D eigenvalue weighted by Gasteiger charge is -2.16. The molecular weight excluding hydrogens is 721 g/mol. The number of nitrogens with zero attached hydrogens (tertiary/aromatic N) is 2. The number of Topliss-reactive ketones (excluding diaryl/α,β-unsaturated/α-hetero) is 1. The van der Waals surface area contributed by atoms with Gasteiger partial charge in [-0.05, 0) is 86.2 Å². The highest BCUT2D eigenvalue weighted by atomic mass is 16.6. The van der Waals surface area contributed by atoms with E-state index in [1.807, 2.05) is 44.2 Å². The van der Waals surface area contributed by atoms with Gasteiger partial charge in [-0.25, -0.2) is 4.98 Å². The fraction of sp³-hybridized carbons (Fsp3) is 0.391. The van der Waals surface area contributed by atoms with Crippen molar-refractivity contribution in [3.8, 4) is 17.6 Å². The third kappa shape index (κ3) is 8.17. The van der Waals surface area contributed by atoms with Crippen LogP contribution in [0.5, 0.6) is 5.75 Å². The number of carbonyl (C=O) groups excluding carboxylic acids is 1. The van der Waals surface area contributed by atoms with Gasteiger partial charge in [-0.1, -0.05) is 37.8 Å². The van der Waals surface area contributed by atoms with E-state index in [0.29, 0.717) is 57.4 Å². The standard InChI is InChI=1S/C46H50N4O7/c1-7-31-26(2)36-24-40-32(13-12-30-10-8-9-11-42(30)57-21-20-56-19-18-55-17-16-54-6)27(3)35(48-40)23-37-28(4)33(14-15-43(52)53)45(49-37)34-22-41(51)44-29(5)38(50-46(34)44)25-39(31)47-36/h8-11,23-25,28,33,48,50H,7,14-22H2,1-6H3,(H,52,53)/t28-,33-/m0/s1. The van der Waals surface area contributed by atoms with Gasteiger partial charge in [0.25, 0.3) is 0 Å². The molecule has 7 rings (SSSR count). The summed E-state index contributed by atoms with van der Waals surface area (Å²) >= 11 is 0. The van der Waals surface area contributed by atoms with Crippen molar-refractivity contribution in [2.24, 2.45) is 0 Å². The van der Waals surface area contributed by atoms with E-state index in [1.54, 1.807) is 7.11 Å². The molecule has 0 unspecified atom stereocenters. The van der Waals surface area contributed by atoms with E-state index < -0.39 is 5.97 Å². The minimum absolute atomic E-state index is 0.00491. The molecule has 0 saturated heterocycles. The lowest BCUT2D eigenvalue weighted by atomic mass is 9.85. The highest BCUT2D eigenvalue weighted by molar-refractivity contribution is 6.13. The minimum atomic E-state index is -0.856. The Labute approximate surface area is 332 Å². The number of benzene rings is 1. The maximum Gasteiger partial charge on any atom is 0.303 e. The third-order valence-corrected chi connectivity index (χ3v) is 11.3. The first-order valence-electron chi connectivity index (χ1n) is 19.7.